The summed E-state index contributed by atoms with van der Waals surface area (Å²) in [5.41, 5.74) is 10.8. The van der Waals surface area contributed by atoms with Gasteiger partial charge < -0.3 is 11.5 Å². The van der Waals surface area contributed by atoms with E-state index in [1.54, 1.807) is 7.05 Å². The molecule has 0 aliphatic carbocycles. The smallest absolute Gasteiger partial charge is 0.265 e. The Morgan fingerprint density at radius 2 is 2.05 bits per heavy atom. The van der Waals surface area contributed by atoms with Gasteiger partial charge >= 0.3 is 0 Å². The molecule has 1 heterocycles. The molecule has 0 fully saturated rings. The first-order valence-electron chi connectivity index (χ1n) is 5.51. The molecule has 2 rings (SSSR count). The van der Waals surface area contributed by atoms with Crippen LogP contribution < -0.4 is 16.2 Å². The minimum atomic E-state index is -3.87. The normalized spacial score (nSPS) is 11.2. The summed E-state index contributed by atoms with van der Waals surface area (Å²) >= 11 is 0. The number of carbonyl (C=O) groups excluding carboxylic acids is 1. The van der Waals surface area contributed by atoms with E-state index in [1.807, 2.05) is 0 Å². The molecule has 1 amide bonds. The van der Waals surface area contributed by atoms with Crippen LogP contribution in [0.2, 0.25) is 0 Å². The quantitative estimate of drug-likeness (QED) is 0.677. The fourth-order valence-electron chi connectivity index (χ4n) is 1.61. The van der Waals surface area contributed by atoms with E-state index >= 15 is 0 Å². The number of nitrogen functional groups attached to an aromatic ring is 1. The minimum Gasteiger partial charge on any atom is -0.398 e. The zero-order valence-electron chi connectivity index (χ0n) is 10.6. The summed E-state index contributed by atoms with van der Waals surface area (Å²) in [6, 6.07) is 5.26. The maximum Gasteiger partial charge on any atom is 0.265 e. The van der Waals surface area contributed by atoms with Crippen molar-refractivity contribution in [1.29, 1.82) is 0 Å². The van der Waals surface area contributed by atoms with Crippen molar-refractivity contribution in [2.24, 2.45) is 12.8 Å². The van der Waals surface area contributed by atoms with Crippen LogP contribution in [0.5, 0.6) is 0 Å². The maximum absolute atomic E-state index is 12.2. The standard InChI is InChI=1S/C11H13N5O3S/c1-16-10(4-5-14-16)15-20(18,19)9-3-2-7(11(13)17)6-8(9)12/h2-6,15H,12H2,1H3,(H2,13,17). The van der Waals surface area contributed by atoms with E-state index in [1.165, 1.54) is 35.1 Å². The molecule has 5 N–H and O–H groups in total. The first-order valence-corrected chi connectivity index (χ1v) is 7.00. The Morgan fingerprint density at radius 3 is 2.55 bits per heavy atom. The molecule has 0 aliphatic rings. The molecule has 0 unspecified atom stereocenters. The Kier molecular flexibility index (Phi) is 3.36. The van der Waals surface area contributed by atoms with E-state index in [0.717, 1.165) is 0 Å². The number of aromatic nitrogens is 2. The molecule has 106 valence electrons. The number of primary amides is 1. The number of carbonyl (C=O) groups is 1. The molecule has 0 saturated carbocycles. The lowest BCUT2D eigenvalue weighted by atomic mass is 10.2. The summed E-state index contributed by atoms with van der Waals surface area (Å²) in [5, 5.41) is 3.85. The van der Waals surface area contributed by atoms with E-state index < -0.39 is 15.9 Å². The third-order valence-electron chi connectivity index (χ3n) is 2.64. The van der Waals surface area contributed by atoms with Gasteiger partial charge in [-0.1, -0.05) is 0 Å². The van der Waals surface area contributed by atoms with Gasteiger partial charge in [0.05, 0.1) is 11.9 Å². The third-order valence-corrected chi connectivity index (χ3v) is 4.07. The zero-order valence-corrected chi connectivity index (χ0v) is 11.4. The molecule has 20 heavy (non-hydrogen) atoms. The number of aryl methyl sites for hydroxylation is 1. The number of nitrogens with two attached hydrogens (primary N) is 2. The van der Waals surface area contributed by atoms with Gasteiger partial charge in [-0.05, 0) is 18.2 Å². The molecule has 0 aliphatic heterocycles. The lowest BCUT2D eigenvalue weighted by Crippen LogP contribution is -2.18. The Labute approximate surface area is 115 Å². The molecular formula is C11H13N5O3S. The van der Waals surface area contributed by atoms with Gasteiger partial charge in [0.15, 0.2) is 0 Å². The minimum absolute atomic E-state index is 0.0593. The van der Waals surface area contributed by atoms with Crippen molar-refractivity contribution in [2.45, 2.75) is 4.90 Å². The second-order valence-corrected chi connectivity index (χ2v) is 5.71. The van der Waals surface area contributed by atoms with Gasteiger partial charge in [-0.3, -0.25) is 14.2 Å². The van der Waals surface area contributed by atoms with Gasteiger partial charge in [-0.25, -0.2) is 8.42 Å². The average Bonchev–Trinajstić information content (AvgIpc) is 2.73. The predicted molar refractivity (Wildman–Crippen MR) is 73.4 cm³/mol. The third kappa shape index (κ3) is 2.57. The molecule has 1 aromatic carbocycles. The van der Waals surface area contributed by atoms with Crippen LogP contribution in [0.1, 0.15) is 10.4 Å². The van der Waals surface area contributed by atoms with Crippen molar-refractivity contribution in [1.82, 2.24) is 9.78 Å². The number of nitrogens with zero attached hydrogens (tertiary/aromatic N) is 2. The summed E-state index contributed by atoms with van der Waals surface area (Å²) in [4.78, 5) is 10.9. The molecule has 0 radical (unpaired) electrons. The van der Waals surface area contributed by atoms with E-state index in [-0.39, 0.29) is 16.1 Å². The van der Waals surface area contributed by atoms with Crippen LogP contribution in [0, 0.1) is 0 Å². The average molecular weight is 295 g/mol. The number of hydrogen-bond acceptors (Lipinski definition) is 5. The van der Waals surface area contributed by atoms with E-state index in [9.17, 15) is 13.2 Å². The largest absolute Gasteiger partial charge is 0.398 e. The van der Waals surface area contributed by atoms with Crippen LogP contribution >= 0.6 is 0 Å². The fourth-order valence-corrected chi connectivity index (χ4v) is 2.82. The van der Waals surface area contributed by atoms with Crippen molar-refractivity contribution in [3.63, 3.8) is 0 Å². The monoisotopic (exact) mass is 295 g/mol. The van der Waals surface area contributed by atoms with Crippen molar-refractivity contribution in [3.8, 4) is 0 Å². The molecule has 0 bridgehead atoms. The van der Waals surface area contributed by atoms with Crippen LogP contribution in [-0.4, -0.2) is 24.1 Å². The predicted octanol–water partition coefficient (Wildman–Crippen LogP) is -0.0980. The van der Waals surface area contributed by atoms with E-state index in [0.29, 0.717) is 5.82 Å². The highest BCUT2D eigenvalue weighted by Crippen LogP contribution is 2.22. The summed E-state index contributed by atoms with van der Waals surface area (Å²) in [7, 11) is -2.27. The van der Waals surface area contributed by atoms with Crippen LogP contribution in [0.4, 0.5) is 11.5 Å². The number of rotatable bonds is 4. The second kappa shape index (κ2) is 4.85. The van der Waals surface area contributed by atoms with Crippen molar-refractivity contribution in [3.05, 3.63) is 36.0 Å². The molecule has 1 aromatic heterocycles. The number of nitrogens with one attached hydrogen (secondary N) is 1. The van der Waals surface area contributed by atoms with Crippen molar-refractivity contribution >= 4 is 27.4 Å². The number of sulfonamides is 1. The number of benzene rings is 1. The topological polar surface area (TPSA) is 133 Å². The lowest BCUT2D eigenvalue weighted by molar-refractivity contribution is 0.1000. The molecule has 0 spiro atoms. The van der Waals surface area contributed by atoms with Gasteiger partial charge in [0.2, 0.25) is 5.91 Å². The van der Waals surface area contributed by atoms with Crippen molar-refractivity contribution < 1.29 is 13.2 Å². The second-order valence-electron chi connectivity index (χ2n) is 4.06. The summed E-state index contributed by atoms with van der Waals surface area (Å²) in [6.45, 7) is 0. The molecule has 0 atom stereocenters. The van der Waals surface area contributed by atoms with Crippen LogP contribution in [-0.2, 0) is 17.1 Å². The summed E-state index contributed by atoms with van der Waals surface area (Å²) in [6.07, 6.45) is 1.46. The van der Waals surface area contributed by atoms with Crippen LogP contribution in [0.3, 0.4) is 0 Å². The highest BCUT2D eigenvalue weighted by molar-refractivity contribution is 7.92. The summed E-state index contributed by atoms with van der Waals surface area (Å²) < 4.78 is 28.1. The molecule has 9 heteroatoms. The Bertz CT molecular complexity index is 766. The Morgan fingerprint density at radius 1 is 1.35 bits per heavy atom. The van der Waals surface area contributed by atoms with Gasteiger partial charge in [0, 0.05) is 18.7 Å². The molecule has 2 aromatic rings. The highest BCUT2D eigenvalue weighted by atomic mass is 32.2. The van der Waals surface area contributed by atoms with Gasteiger partial charge in [0.1, 0.15) is 10.7 Å². The van der Waals surface area contributed by atoms with Crippen LogP contribution in [0.15, 0.2) is 35.4 Å². The van der Waals surface area contributed by atoms with E-state index in [2.05, 4.69) is 9.82 Å². The summed E-state index contributed by atoms with van der Waals surface area (Å²) in [5.74, 6) is -0.386. The Balaban J connectivity index is 2.40. The molecule has 8 nitrogen and oxygen atoms in total. The maximum atomic E-state index is 12.2. The number of hydrogen-bond donors (Lipinski definition) is 3. The van der Waals surface area contributed by atoms with E-state index in [4.69, 9.17) is 11.5 Å². The molecular weight excluding hydrogens is 282 g/mol. The lowest BCUT2D eigenvalue weighted by Gasteiger charge is -2.10. The van der Waals surface area contributed by atoms with Gasteiger partial charge in [-0.15, -0.1) is 0 Å². The highest BCUT2D eigenvalue weighted by Gasteiger charge is 2.19. The number of anilines is 2. The van der Waals surface area contributed by atoms with Crippen LogP contribution in [0.25, 0.3) is 0 Å². The number of amides is 1. The first-order chi connectivity index (χ1) is 9.31. The first kappa shape index (κ1) is 13.9. The SMILES string of the molecule is Cn1nccc1NS(=O)(=O)c1ccc(C(N)=O)cc1N. The van der Waals surface area contributed by atoms with Gasteiger partial charge in [-0.2, -0.15) is 5.10 Å². The molecule has 0 saturated heterocycles. The van der Waals surface area contributed by atoms with Gasteiger partial charge in [0.25, 0.3) is 10.0 Å². The van der Waals surface area contributed by atoms with Crippen molar-refractivity contribution in [2.75, 3.05) is 10.5 Å². The zero-order chi connectivity index (χ0) is 14.9. The Hall–Kier alpha value is -2.55. The fraction of sp³-hybridized carbons (Fsp3) is 0.0909.